The molecule has 1 aliphatic carbocycles. The summed E-state index contributed by atoms with van der Waals surface area (Å²) in [5.74, 6) is -0.224. The molecule has 0 amide bonds. The van der Waals surface area contributed by atoms with Gasteiger partial charge in [0.15, 0.2) is 15.5 Å². The Labute approximate surface area is 122 Å². The number of ether oxygens (including phenoxy) is 1. The second-order valence-corrected chi connectivity index (χ2v) is 7.03. The highest BCUT2D eigenvalue weighted by molar-refractivity contribution is 9.11. The van der Waals surface area contributed by atoms with E-state index in [2.05, 4.69) is 20.9 Å². The highest BCUT2D eigenvalue weighted by Crippen LogP contribution is 2.33. The van der Waals surface area contributed by atoms with E-state index in [1.54, 1.807) is 6.07 Å². The summed E-state index contributed by atoms with van der Waals surface area (Å²) >= 11 is 4.72. The molecule has 2 atom stereocenters. The second-order valence-electron chi connectivity index (χ2n) is 4.73. The summed E-state index contributed by atoms with van der Waals surface area (Å²) < 4.78 is 21.2. The third-order valence-electron chi connectivity index (χ3n) is 3.36. The van der Waals surface area contributed by atoms with Gasteiger partial charge in [-0.25, -0.2) is 9.37 Å². The van der Waals surface area contributed by atoms with Crippen molar-refractivity contribution < 1.29 is 14.2 Å². The van der Waals surface area contributed by atoms with E-state index in [1.807, 2.05) is 0 Å². The van der Waals surface area contributed by atoms with E-state index in [9.17, 15) is 9.50 Å². The molecule has 1 aromatic heterocycles. The van der Waals surface area contributed by atoms with Gasteiger partial charge in [-0.2, -0.15) is 0 Å². The molecular weight excluding hydrogens is 333 g/mol. The van der Waals surface area contributed by atoms with Gasteiger partial charge < -0.3 is 9.84 Å². The van der Waals surface area contributed by atoms with Crippen LogP contribution in [0.2, 0.25) is 0 Å². The third kappa shape index (κ3) is 2.75. The van der Waals surface area contributed by atoms with Crippen molar-refractivity contribution in [2.45, 2.75) is 37.9 Å². The minimum Gasteiger partial charge on any atom is -0.485 e. The summed E-state index contributed by atoms with van der Waals surface area (Å²) in [6.45, 7) is 0. The maximum atomic E-state index is 14.0. The molecule has 0 saturated heterocycles. The zero-order valence-electron chi connectivity index (χ0n) is 10.1. The first kappa shape index (κ1) is 13.3. The molecule has 0 bridgehead atoms. The van der Waals surface area contributed by atoms with E-state index in [0.29, 0.717) is 5.52 Å². The summed E-state index contributed by atoms with van der Waals surface area (Å²) in [5.41, 5.74) is 0.617. The number of nitrogens with zero attached hydrogens (tertiary/aromatic N) is 1. The molecule has 19 heavy (non-hydrogen) atoms. The maximum Gasteiger partial charge on any atom is 0.167 e. The zero-order valence-corrected chi connectivity index (χ0v) is 12.5. The Kier molecular flexibility index (Phi) is 3.73. The Morgan fingerprint density at radius 3 is 2.95 bits per heavy atom. The van der Waals surface area contributed by atoms with Gasteiger partial charge in [-0.05, 0) is 35.2 Å². The highest BCUT2D eigenvalue weighted by Gasteiger charge is 2.25. The number of rotatable bonds is 2. The quantitative estimate of drug-likeness (QED) is 0.897. The molecular formula is C13H13BrFNO2S. The largest absolute Gasteiger partial charge is 0.485 e. The SMILES string of the molecule is OC1CCCCC1Oc1cc2sc(Br)nc2cc1F. The van der Waals surface area contributed by atoms with Gasteiger partial charge in [0.2, 0.25) is 0 Å². The molecule has 2 aromatic rings. The molecule has 1 aliphatic rings. The van der Waals surface area contributed by atoms with Crippen molar-refractivity contribution in [3.8, 4) is 5.75 Å². The normalized spacial score (nSPS) is 23.7. The van der Waals surface area contributed by atoms with Crippen LogP contribution in [0.1, 0.15) is 25.7 Å². The van der Waals surface area contributed by atoms with Crippen molar-refractivity contribution in [2.24, 2.45) is 0 Å². The first-order chi connectivity index (χ1) is 9.13. The van der Waals surface area contributed by atoms with Crippen LogP contribution in [-0.2, 0) is 0 Å². The van der Waals surface area contributed by atoms with Crippen LogP contribution in [0.25, 0.3) is 10.2 Å². The number of aliphatic hydroxyl groups is 1. The predicted octanol–water partition coefficient (Wildman–Crippen LogP) is 3.88. The van der Waals surface area contributed by atoms with Gasteiger partial charge in [0.25, 0.3) is 0 Å². The van der Waals surface area contributed by atoms with Crippen LogP contribution >= 0.6 is 27.3 Å². The van der Waals surface area contributed by atoms with Gasteiger partial charge in [-0.3, -0.25) is 0 Å². The monoisotopic (exact) mass is 345 g/mol. The fourth-order valence-corrected chi connectivity index (χ4v) is 3.78. The first-order valence-electron chi connectivity index (χ1n) is 6.24. The predicted molar refractivity (Wildman–Crippen MR) is 76.2 cm³/mol. The summed E-state index contributed by atoms with van der Waals surface area (Å²) in [5, 5.41) is 9.87. The van der Waals surface area contributed by atoms with Crippen LogP contribution in [0.15, 0.2) is 16.0 Å². The smallest absolute Gasteiger partial charge is 0.167 e. The number of benzene rings is 1. The molecule has 1 heterocycles. The van der Waals surface area contributed by atoms with E-state index < -0.39 is 11.9 Å². The molecule has 1 aromatic carbocycles. The van der Waals surface area contributed by atoms with Gasteiger partial charge >= 0.3 is 0 Å². The Balaban J connectivity index is 1.89. The van der Waals surface area contributed by atoms with Crippen LogP contribution in [-0.4, -0.2) is 22.3 Å². The second kappa shape index (κ2) is 5.34. The summed E-state index contributed by atoms with van der Waals surface area (Å²) in [4.78, 5) is 4.17. The topological polar surface area (TPSA) is 42.4 Å². The zero-order chi connectivity index (χ0) is 13.4. The van der Waals surface area contributed by atoms with E-state index >= 15 is 0 Å². The van der Waals surface area contributed by atoms with Crippen LogP contribution in [0, 0.1) is 5.82 Å². The summed E-state index contributed by atoms with van der Waals surface area (Å²) in [6.07, 6.45) is 2.70. The Hall–Kier alpha value is -0.720. The lowest BCUT2D eigenvalue weighted by Crippen LogP contribution is -2.34. The van der Waals surface area contributed by atoms with Gasteiger partial charge in [-0.1, -0.05) is 6.42 Å². The van der Waals surface area contributed by atoms with Crippen LogP contribution in [0.3, 0.4) is 0 Å². The van der Waals surface area contributed by atoms with Gasteiger partial charge in [0, 0.05) is 12.1 Å². The van der Waals surface area contributed by atoms with Crippen LogP contribution in [0.5, 0.6) is 5.75 Å². The first-order valence-corrected chi connectivity index (χ1v) is 7.85. The Morgan fingerprint density at radius 2 is 2.16 bits per heavy atom. The minimum absolute atomic E-state index is 0.203. The molecule has 1 fully saturated rings. The van der Waals surface area contributed by atoms with Gasteiger partial charge in [-0.15, -0.1) is 11.3 Å². The fourth-order valence-electron chi connectivity index (χ4n) is 2.37. The molecule has 3 rings (SSSR count). The standard InChI is InChI=1S/C13H13BrFNO2S/c14-13-16-8-5-7(15)11(6-12(8)19-13)18-10-4-2-1-3-9(10)17/h5-6,9-10,17H,1-4H2. The number of hydrogen-bond donors (Lipinski definition) is 1. The molecule has 1 N–H and O–H groups in total. The minimum atomic E-state index is -0.503. The van der Waals surface area contributed by atoms with Gasteiger partial charge in [0.05, 0.1) is 16.3 Å². The van der Waals surface area contributed by atoms with Crippen molar-refractivity contribution in [1.29, 1.82) is 0 Å². The third-order valence-corrected chi connectivity index (χ3v) is 4.83. The lowest BCUT2D eigenvalue weighted by atomic mass is 9.95. The lowest BCUT2D eigenvalue weighted by molar-refractivity contribution is 0.00509. The maximum absolute atomic E-state index is 14.0. The Morgan fingerprint density at radius 1 is 1.37 bits per heavy atom. The van der Waals surface area contributed by atoms with Crippen LogP contribution < -0.4 is 4.74 Å². The highest BCUT2D eigenvalue weighted by atomic mass is 79.9. The number of thiazole rings is 1. The van der Waals surface area contributed by atoms with Gasteiger partial charge in [0.1, 0.15) is 6.10 Å². The van der Waals surface area contributed by atoms with E-state index in [1.165, 1.54) is 17.4 Å². The molecule has 3 nitrogen and oxygen atoms in total. The fraction of sp³-hybridized carbons (Fsp3) is 0.462. The molecule has 6 heteroatoms. The van der Waals surface area contributed by atoms with Crippen molar-refractivity contribution in [1.82, 2.24) is 4.98 Å². The molecule has 102 valence electrons. The molecule has 2 unspecified atom stereocenters. The van der Waals surface area contributed by atoms with Crippen LogP contribution in [0.4, 0.5) is 4.39 Å². The molecule has 0 aliphatic heterocycles. The number of hydrogen-bond acceptors (Lipinski definition) is 4. The molecule has 1 saturated carbocycles. The molecule has 0 radical (unpaired) electrons. The number of aliphatic hydroxyl groups excluding tert-OH is 1. The average Bonchev–Trinajstić information content (AvgIpc) is 2.71. The van der Waals surface area contributed by atoms with E-state index in [4.69, 9.17) is 4.74 Å². The van der Waals surface area contributed by atoms with Crippen molar-refractivity contribution in [3.63, 3.8) is 0 Å². The average molecular weight is 346 g/mol. The van der Waals surface area contributed by atoms with E-state index in [-0.39, 0.29) is 11.9 Å². The number of aromatic nitrogens is 1. The Bertz CT molecular complexity index is 604. The van der Waals surface area contributed by atoms with Crippen molar-refractivity contribution >= 4 is 37.5 Å². The summed E-state index contributed by atoms with van der Waals surface area (Å²) in [6, 6.07) is 3.04. The number of halogens is 2. The van der Waals surface area contributed by atoms with Crippen molar-refractivity contribution in [2.75, 3.05) is 0 Å². The number of fused-ring (bicyclic) bond motifs is 1. The lowest BCUT2D eigenvalue weighted by Gasteiger charge is -2.28. The van der Waals surface area contributed by atoms with E-state index in [0.717, 1.165) is 34.3 Å². The van der Waals surface area contributed by atoms with Crippen molar-refractivity contribution in [3.05, 3.63) is 21.9 Å². The summed E-state index contributed by atoms with van der Waals surface area (Å²) in [7, 11) is 0. The molecule has 0 spiro atoms.